The average Bonchev–Trinajstić information content (AvgIpc) is 2.50. The monoisotopic (exact) mass is 284 g/mol. The zero-order valence-corrected chi connectivity index (χ0v) is 12.3. The average molecular weight is 284 g/mol. The molecule has 4 heteroatoms. The number of hydrogen-bond acceptors (Lipinski definition) is 3. The molecule has 0 radical (unpaired) electrons. The smallest absolute Gasteiger partial charge is 0.251 e. The van der Waals surface area contributed by atoms with Crippen molar-refractivity contribution in [1.82, 2.24) is 5.32 Å². The van der Waals surface area contributed by atoms with Gasteiger partial charge in [0.2, 0.25) is 0 Å². The maximum Gasteiger partial charge on any atom is 0.251 e. The molecule has 2 rings (SSSR count). The molecule has 0 fully saturated rings. The molecule has 0 heterocycles. The van der Waals surface area contributed by atoms with Crippen LogP contribution in [0.2, 0.25) is 0 Å². The molecule has 1 amide bonds. The van der Waals surface area contributed by atoms with Crippen molar-refractivity contribution in [3.63, 3.8) is 0 Å². The van der Waals surface area contributed by atoms with Crippen molar-refractivity contribution < 1.29 is 9.53 Å². The highest BCUT2D eigenvalue weighted by molar-refractivity contribution is 5.95. The maximum atomic E-state index is 12.3. The molecule has 0 aliphatic heterocycles. The largest absolute Gasteiger partial charge is 0.492 e. The number of nitrogen functional groups attached to an aromatic ring is 1. The van der Waals surface area contributed by atoms with Crippen molar-refractivity contribution in [2.45, 2.75) is 19.9 Å². The fraction of sp³-hybridized carbons (Fsp3) is 0.235. The Morgan fingerprint density at radius 1 is 1.24 bits per heavy atom. The summed E-state index contributed by atoms with van der Waals surface area (Å²) in [5, 5.41) is 2.97. The summed E-state index contributed by atoms with van der Waals surface area (Å²) in [7, 11) is 0. The Morgan fingerprint density at radius 3 is 2.62 bits per heavy atom. The molecule has 0 saturated carbocycles. The van der Waals surface area contributed by atoms with E-state index in [-0.39, 0.29) is 11.9 Å². The Hall–Kier alpha value is -2.49. The predicted molar refractivity (Wildman–Crippen MR) is 84.3 cm³/mol. The Morgan fingerprint density at radius 2 is 1.95 bits per heavy atom. The number of carbonyl (C=O) groups excluding carboxylic acids is 1. The highest BCUT2D eigenvalue weighted by atomic mass is 16.5. The number of nitrogens with one attached hydrogen (secondary N) is 1. The van der Waals surface area contributed by atoms with Gasteiger partial charge in [0.05, 0.1) is 18.3 Å². The summed E-state index contributed by atoms with van der Waals surface area (Å²) in [5.74, 6) is 0.393. The quantitative estimate of drug-likeness (QED) is 0.829. The van der Waals surface area contributed by atoms with E-state index in [4.69, 9.17) is 10.5 Å². The van der Waals surface area contributed by atoms with Crippen LogP contribution in [0.15, 0.2) is 48.5 Å². The van der Waals surface area contributed by atoms with Gasteiger partial charge in [-0.25, -0.2) is 0 Å². The SMILES string of the molecule is CCOc1cc(C(=O)NC(C)c2ccccc2)ccc1N. The Bertz CT molecular complexity index is 611. The zero-order chi connectivity index (χ0) is 15.2. The second-order valence-electron chi connectivity index (χ2n) is 4.79. The molecule has 0 spiro atoms. The van der Waals surface area contributed by atoms with Crippen LogP contribution in [-0.2, 0) is 0 Å². The highest BCUT2D eigenvalue weighted by Gasteiger charge is 2.13. The molecule has 3 N–H and O–H groups in total. The lowest BCUT2D eigenvalue weighted by atomic mass is 10.1. The number of benzene rings is 2. The third-order valence-corrected chi connectivity index (χ3v) is 3.22. The lowest BCUT2D eigenvalue weighted by Gasteiger charge is -2.15. The first-order chi connectivity index (χ1) is 10.1. The van der Waals surface area contributed by atoms with Crippen molar-refractivity contribution in [3.8, 4) is 5.75 Å². The summed E-state index contributed by atoms with van der Waals surface area (Å²) in [6.45, 7) is 4.34. The molecule has 2 aromatic rings. The summed E-state index contributed by atoms with van der Waals surface area (Å²) in [6.07, 6.45) is 0. The summed E-state index contributed by atoms with van der Waals surface area (Å²) in [6, 6.07) is 14.8. The standard InChI is InChI=1S/C17H20N2O2/c1-3-21-16-11-14(9-10-15(16)18)17(20)19-12(2)13-7-5-4-6-8-13/h4-12H,3,18H2,1-2H3,(H,19,20). The Kier molecular flexibility index (Phi) is 4.82. The first-order valence-electron chi connectivity index (χ1n) is 7.00. The van der Waals surface area contributed by atoms with Crippen molar-refractivity contribution in [2.75, 3.05) is 12.3 Å². The molecule has 0 saturated heterocycles. The summed E-state index contributed by atoms with van der Waals surface area (Å²) in [4.78, 5) is 12.3. The highest BCUT2D eigenvalue weighted by Crippen LogP contribution is 2.23. The lowest BCUT2D eigenvalue weighted by Crippen LogP contribution is -2.26. The van der Waals surface area contributed by atoms with E-state index in [0.717, 1.165) is 5.56 Å². The fourth-order valence-corrected chi connectivity index (χ4v) is 2.06. The van der Waals surface area contributed by atoms with Gasteiger partial charge in [0.1, 0.15) is 5.75 Å². The fourth-order valence-electron chi connectivity index (χ4n) is 2.06. The number of ether oxygens (including phenoxy) is 1. The zero-order valence-electron chi connectivity index (χ0n) is 12.3. The van der Waals surface area contributed by atoms with Crippen molar-refractivity contribution in [2.24, 2.45) is 0 Å². The van der Waals surface area contributed by atoms with E-state index in [1.807, 2.05) is 44.2 Å². The minimum absolute atomic E-state index is 0.0632. The van der Waals surface area contributed by atoms with Crippen molar-refractivity contribution in [3.05, 3.63) is 59.7 Å². The van der Waals surface area contributed by atoms with Crippen molar-refractivity contribution >= 4 is 11.6 Å². The van der Waals surface area contributed by atoms with Gasteiger partial charge >= 0.3 is 0 Å². The summed E-state index contributed by atoms with van der Waals surface area (Å²) in [5.41, 5.74) is 7.94. The van der Waals surface area contributed by atoms with Crippen LogP contribution in [0.25, 0.3) is 0 Å². The van der Waals surface area contributed by atoms with Gasteiger partial charge in [0.25, 0.3) is 5.91 Å². The van der Waals surface area contributed by atoms with Gasteiger partial charge in [-0.15, -0.1) is 0 Å². The predicted octanol–water partition coefficient (Wildman–Crippen LogP) is 3.16. The first kappa shape index (κ1) is 14.9. The summed E-state index contributed by atoms with van der Waals surface area (Å²) >= 11 is 0. The molecule has 110 valence electrons. The van der Waals surface area contributed by atoms with Gasteiger partial charge in [-0.3, -0.25) is 4.79 Å². The minimum atomic E-state index is -0.146. The molecular formula is C17H20N2O2. The number of amides is 1. The molecule has 21 heavy (non-hydrogen) atoms. The van der Waals surface area contributed by atoms with Crippen LogP contribution in [0.1, 0.15) is 35.8 Å². The van der Waals surface area contributed by atoms with Crippen LogP contribution < -0.4 is 15.8 Å². The lowest BCUT2D eigenvalue weighted by molar-refractivity contribution is 0.0939. The molecule has 0 aliphatic carbocycles. The van der Waals surface area contributed by atoms with Gasteiger partial charge in [-0.2, -0.15) is 0 Å². The van der Waals surface area contributed by atoms with E-state index >= 15 is 0 Å². The number of rotatable bonds is 5. The molecule has 2 aromatic carbocycles. The Labute approximate surface area is 124 Å². The van der Waals surface area contributed by atoms with E-state index in [2.05, 4.69) is 5.32 Å². The molecule has 4 nitrogen and oxygen atoms in total. The number of anilines is 1. The van der Waals surface area contributed by atoms with Gasteiger partial charge in [0.15, 0.2) is 0 Å². The topological polar surface area (TPSA) is 64.3 Å². The summed E-state index contributed by atoms with van der Waals surface area (Å²) < 4.78 is 5.41. The van der Waals surface area contributed by atoms with Crippen LogP contribution in [0, 0.1) is 0 Å². The molecule has 0 aromatic heterocycles. The molecule has 0 aliphatic rings. The van der Waals surface area contributed by atoms with Crippen LogP contribution in [0.5, 0.6) is 5.75 Å². The number of nitrogens with two attached hydrogens (primary N) is 1. The van der Waals surface area contributed by atoms with Gasteiger partial charge in [-0.05, 0) is 37.6 Å². The van der Waals surface area contributed by atoms with E-state index in [9.17, 15) is 4.79 Å². The van der Waals surface area contributed by atoms with Crippen LogP contribution in [0.4, 0.5) is 5.69 Å². The van der Waals surface area contributed by atoms with Gasteiger partial charge in [0, 0.05) is 5.56 Å². The Balaban J connectivity index is 2.11. The van der Waals surface area contributed by atoms with E-state index < -0.39 is 0 Å². The first-order valence-corrected chi connectivity index (χ1v) is 7.00. The van der Waals surface area contributed by atoms with Crippen LogP contribution in [0.3, 0.4) is 0 Å². The molecular weight excluding hydrogens is 264 g/mol. The minimum Gasteiger partial charge on any atom is -0.492 e. The van der Waals surface area contributed by atoms with E-state index in [0.29, 0.717) is 23.6 Å². The second kappa shape index (κ2) is 6.79. The molecule has 1 atom stereocenters. The second-order valence-corrected chi connectivity index (χ2v) is 4.79. The third kappa shape index (κ3) is 3.75. The van der Waals surface area contributed by atoms with Crippen molar-refractivity contribution in [1.29, 1.82) is 0 Å². The maximum absolute atomic E-state index is 12.3. The molecule has 1 unspecified atom stereocenters. The van der Waals surface area contributed by atoms with Crippen LogP contribution >= 0.6 is 0 Å². The normalized spacial score (nSPS) is 11.7. The van der Waals surface area contributed by atoms with Gasteiger partial charge < -0.3 is 15.8 Å². The number of carbonyl (C=O) groups is 1. The third-order valence-electron chi connectivity index (χ3n) is 3.22. The molecule has 0 bridgehead atoms. The van der Waals surface area contributed by atoms with Gasteiger partial charge in [-0.1, -0.05) is 30.3 Å². The van der Waals surface area contributed by atoms with Crippen LogP contribution in [-0.4, -0.2) is 12.5 Å². The van der Waals surface area contributed by atoms with E-state index in [1.54, 1.807) is 18.2 Å². The van der Waals surface area contributed by atoms with E-state index in [1.165, 1.54) is 0 Å². The number of hydrogen-bond donors (Lipinski definition) is 2.